The summed E-state index contributed by atoms with van der Waals surface area (Å²) < 4.78 is 149. The molecule has 3 heterocycles. The Balaban J connectivity index is 1.08. The van der Waals surface area contributed by atoms with Gasteiger partial charge in [0.2, 0.25) is 5.91 Å². The molecule has 0 spiro atoms. The van der Waals surface area contributed by atoms with Gasteiger partial charge in [0.1, 0.15) is 61.0 Å². The maximum atomic E-state index is 13.7. The Hall–Kier alpha value is -7.23. The third-order valence-corrected chi connectivity index (χ3v) is 16.9. The molecule has 0 saturated carbocycles. The Morgan fingerprint density at radius 3 is 1.23 bits per heavy atom. The number of benzene rings is 7. The van der Waals surface area contributed by atoms with Crippen molar-refractivity contribution in [3.8, 4) is 0 Å². The minimum atomic E-state index is -5.11. The normalized spacial score (nSPS) is 25.9. The van der Waals surface area contributed by atoms with Gasteiger partial charge in [0, 0.05) is 13.5 Å². The third-order valence-electron chi connectivity index (χ3n) is 16.5. The minimum absolute atomic E-state index is 0.0377. The first kappa shape index (κ1) is 73.5. The van der Waals surface area contributed by atoms with E-state index in [-0.39, 0.29) is 72.5 Å². The summed E-state index contributed by atoms with van der Waals surface area (Å²) in [6.45, 7) is 2.13. The molecule has 20 nitrogen and oxygen atoms in total. The van der Waals surface area contributed by atoms with Crippen LogP contribution in [0.1, 0.15) is 59.2 Å². The standard InChI is InChI=1S/C74H82F3N2O18P/c1-50-62(87-43-54-29-14-5-15-30-54)66(89-45-56-33-18-7-19-34-56)69(71(92-50)86-40-24-39-78-73(81)74(75,76)77)96-72-68(91-47-58-37-22-9-23-38-58)67(90-46-57-35-20-8-21-36-57)63(59(94-72)48-84-41-52-25-10-3-11-26-52)95-70-61(79-51(2)80)65(88-44-55-31-16-6-17-32-55)64(97-98(82)83)60(93-70)49-85-42-53-27-12-4-13-28-53/h3-23,25-38,50,59-72H,24,39-49H2,1-2H3,(H,78,81)(H,79,80)/t50-,59+,60+,61-,62-,63+,64+,65+,66+,67-,68+,69+,70-,71+,72+/m0/s1. The van der Waals surface area contributed by atoms with Gasteiger partial charge in [-0.05, 0) is 56.9 Å². The van der Waals surface area contributed by atoms with Gasteiger partial charge in [-0.25, -0.2) is 0 Å². The third kappa shape index (κ3) is 22.1. The van der Waals surface area contributed by atoms with Gasteiger partial charge < -0.3 is 77.1 Å². The van der Waals surface area contributed by atoms with Crippen LogP contribution in [0.15, 0.2) is 212 Å². The second-order valence-corrected chi connectivity index (χ2v) is 24.5. The lowest BCUT2D eigenvalue weighted by Crippen LogP contribution is -2.69. The van der Waals surface area contributed by atoms with Crippen LogP contribution in [0.2, 0.25) is 0 Å². The molecule has 10 rings (SSSR count). The predicted octanol–water partition coefficient (Wildman–Crippen LogP) is 10.3. The van der Waals surface area contributed by atoms with E-state index in [1.165, 1.54) is 6.92 Å². The number of halogens is 3. The lowest BCUT2D eigenvalue weighted by Gasteiger charge is -2.51. The van der Waals surface area contributed by atoms with Gasteiger partial charge in [-0.15, -0.1) is 4.52 Å². The molecule has 24 heteroatoms. The van der Waals surface area contributed by atoms with Crippen molar-refractivity contribution in [3.63, 3.8) is 0 Å². The number of hydrogen-bond acceptors (Lipinski definition) is 18. The summed E-state index contributed by atoms with van der Waals surface area (Å²) in [5, 5.41) is 4.87. The fourth-order valence-corrected chi connectivity index (χ4v) is 12.2. The van der Waals surface area contributed by atoms with Crippen molar-refractivity contribution >= 4 is 20.1 Å². The largest absolute Gasteiger partial charge is 0.566 e. The predicted molar refractivity (Wildman–Crippen MR) is 348 cm³/mol. The van der Waals surface area contributed by atoms with E-state index >= 15 is 0 Å². The Bertz CT molecular complexity index is 3460. The molecule has 0 aliphatic carbocycles. The number of nitrogens with one attached hydrogen (secondary N) is 2. The molecule has 0 aromatic heterocycles. The van der Waals surface area contributed by atoms with Crippen LogP contribution in [0, 0.1) is 0 Å². The number of amides is 2. The lowest BCUT2D eigenvalue weighted by molar-refractivity contribution is -0.391. The summed E-state index contributed by atoms with van der Waals surface area (Å²) in [5.74, 6) is -2.65. The molecule has 0 radical (unpaired) electrons. The van der Waals surface area contributed by atoms with Gasteiger partial charge in [-0.2, -0.15) is 13.2 Å². The molecule has 3 aliphatic rings. The summed E-state index contributed by atoms with van der Waals surface area (Å²) >= 11 is 0. The molecule has 1 unspecified atom stereocenters. The molecule has 3 aliphatic heterocycles. The fraction of sp³-hybridized carbons (Fsp3) is 0.405. The van der Waals surface area contributed by atoms with Gasteiger partial charge in [0.15, 0.2) is 25.0 Å². The summed E-state index contributed by atoms with van der Waals surface area (Å²) in [5.41, 5.74) is 5.49. The average molecular weight is 1380 g/mol. The summed E-state index contributed by atoms with van der Waals surface area (Å²) in [7, 11) is -3.58. The van der Waals surface area contributed by atoms with Crippen molar-refractivity contribution in [2.45, 2.75) is 165 Å². The van der Waals surface area contributed by atoms with Gasteiger partial charge in [-0.3, -0.25) is 9.59 Å². The SMILES string of the molecule is CC(=O)N[C@@H]1[C@H](O[C@H]2[C@H](OCc3ccccc3)[C@@H](OCc3ccccc3)[C@@H](O[C@H]3[C@H](OCCCNC(=O)C(F)(F)F)O[C@@H](C)[C@H](OCc4ccccc4)[C@H]3OCc3ccccc3)O[C@@H]2COCc2ccccc2)O[C@H](COCc2ccccc2)[C@@H](O[P+](=O)[O-])[C@@H]1OCc1ccccc1. The first-order valence-electron chi connectivity index (χ1n) is 32.6. The highest BCUT2D eigenvalue weighted by atomic mass is 31.1. The quantitative estimate of drug-likeness (QED) is 0.0278. The summed E-state index contributed by atoms with van der Waals surface area (Å²) in [4.78, 5) is 38.5. The zero-order valence-corrected chi connectivity index (χ0v) is 55.2. The number of alkyl halides is 3. The molecule has 16 atom stereocenters. The molecular weight excluding hydrogens is 1290 g/mol. The summed E-state index contributed by atoms with van der Waals surface area (Å²) in [6.07, 6.45) is -22.7. The van der Waals surface area contributed by atoms with E-state index in [0.717, 1.165) is 38.9 Å². The molecule has 522 valence electrons. The molecular formula is C74H82F3N2O18P. The number of carbonyl (C=O) groups excluding carboxylic acids is 2. The number of hydrogen-bond donors (Lipinski definition) is 2. The van der Waals surface area contributed by atoms with Crippen LogP contribution < -0.4 is 15.5 Å². The fourth-order valence-electron chi connectivity index (χ4n) is 11.7. The molecule has 3 saturated heterocycles. The zero-order chi connectivity index (χ0) is 68.5. The number of rotatable bonds is 35. The molecule has 98 heavy (non-hydrogen) atoms. The van der Waals surface area contributed by atoms with Crippen LogP contribution in [-0.2, 0) is 127 Å². The lowest BCUT2D eigenvalue weighted by atomic mass is 9.94. The topological polar surface area (TPSA) is 228 Å². The van der Waals surface area contributed by atoms with E-state index in [2.05, 4.69) is 5.32 Å². The molecule has 3 fully saturated rings. The van der Waals surface area contributed by atoms with Gasteiger partial charge in [-0.1, -0.05) is 212 Å². The monoisotopic (exact) mass is 1370 g/mol. The van der Waals surface area contributed by atoms with E-state index in [0.29, 0.717) is 0 Å². The molecule has 2 amide bonds. The van der Waals surface area contributed by atoms with E-state index in [9.17, 15) is 32.2 Å². The van der Waals surface area contributed by atoms with E-state index in [1.807, 2.05) is 218 Å². The van der Waals surface area contributed by atoms with E-state index in [1.54, 1.807) is 6.92 Å². The Morgan fingerprint density at radius 2 is 0.816 bits per heavy atom. The minimum Gasteiger partial charge on any atom is -0.566 e. The number of ether oxygens (including phenoxy) is 13. The van der Waals surface area contributed by atoms with E-state index < -0.39 is 125 Å². The maximum Gasteiger partial charge on any atom is 0.488 e. The molecule has 7 aromatic carbocycles. The first-order chi connectivity index (χ1) is 47.7. The molecule has 7 aromatic rings. The smallest absolute Gasteiger partial charge is 0.488 e. The van der Waals surface area contributed by atoms with Crippen molar-refractivity contribution < 1.29 is 98.3 Å². The van der Waals surface area contributed by atoms with Gasteiger partial charge in [0.25, 0.3) is 0 Å². The summed E-state index contributed by atoms with van der Waals surface area (Å²) in [6, 6.07) is 64.3. The highest BCUT2D eigenvalue weighted by molar-refractivity contribution is 7.30. The van der Waals surface area contributed by atoms with Crippen LogP contribution in [0.25, 0.3) is 0 Å². The average Bonchev–Trinajstić information content (AvgIpc) is 0.768. The van der Waals surface area contributed by atoms with Gasteiger partial charge in [0.05, 0.1) is 72.2 Å². The Labute approximate surface area is 569 Å². The Morgan fingerprint density at radius 1 is 0.449 bits per heavy atom. The van der Waals surface area contributed by atoms with Crippen LogP contribution in [0.5, 0.6) is 0 Å². The van der Waals surface area contributed by atoms with Crippen LogP contribution in [0.3, 0.4) is 0 Å². The highest BCUT2D eigenvalue weighted by Gasteiger charge is 2.58. The molecule has 2 N–H and O–H groups in total. The van der Waals surface area contributed by atoms with E-state index in [4.69, 9.17) is 66.1 Å². The van der Waals surface area contributed by atoms with Crippen LogP contribution in [-0.4, -0.2) is 136 Å². The first-order valence-corrected chi connectivity index (χ1v) is 33.6. The highest BCUT2D eigenvalue weighted by Crippen LogP contribution is 2.40. The van der Waals surface area contributed by atoms with Crippen LogP contribution >= 0.6 is 8.25 Å². The van der Waals surface area contributed by atoms with Crippen molar-refractivity contribution in [2.75, 3.05) is 26.4 Å². The van der Waals surface area contributed by atoms with Crippen molar-refractivity contribution in [1.29, 1.82) is 0 Å². The number of carbonyl (C=O) groups is 2. The van der Waals surface area contributed by atoms with Crippen LogP contribution in [0.4, 0.5) is 13.2 Å². The second-order valence-electron chi connectivity index (χ2n) is 23.8. The maximum absolute atomic E-state index is 13.7. The Kier molecular flexibility index (Phi) is 28.4. The van der Waals surface area contributed by atoms with Crippen molar-refractivity contribution in [2.24, 2.45) is 0 Å². The van der Waals surface area contributed by atoms with Gasteiger partial charge >= 0.3 is 20.3 Å². The zero-order valence-electron chi connectivity index (χ0n) is 54.3. The van der Waals surface area contributed by atoms with Crippen molar-refractivity contribution in [3.05, 3.63) is 251 Å². The molecule has 0 bridgehead atoms. The second kappa shape index (κ2) is 37.8. The van der Waals surface area contributed by atoms with Crippen molar-refractivity contribution in [1.82, 2.24) is 10.6 Å².